The monoisotopic (exact) mass is 485 g/mol. The zero-order chi connectivity index (χ0) is 24.8. The maximum atomic E-state index is 13.7. The molecular formula is C24H34F3N3O2S. The molecule has 2 N–H and O–H groups in total. The summed E-state index contributed by atoms with van der Waals surface area (Å²) in [5.74, 6) is 0.246. The van der Waals surface area contributed by atoms with Crippen molar-refractivity contribution in [1.29, 1.82) is 0 Å². The molecule has 1 aliphatic rings. The van der Waals surface area contributed by atoms with Crippen LogP contribution in [-0.2, 0) is 10.0 Å². The fourth-order valence-corrected chi connectivity index (χ4v) is 5.29. The van der Waals surface area contributed by atoms with E-state index < -0.39 is 22.2 Å². The van der Waals surface area contributed by atoms with Gasteiger partial charge in [0.05, 0.1) is 4.90 Å². The van der Waals surface area contributed by atoms with Gasteiger partial charge in [-0.15, -0.1) is 0 Å². The van der Waals surface area contributed by atoms with Gasteiger partial charge in [-0.2, -0.15) is 13.2 Å². The molecule has 0 radical (unpaired) electrons. The second kappa shape index (κ2) is 11.4. The number of benzene rings is 1. The molecule has 0 amide bonds. The highest BCUT2D eigenvalue weighted by Crippen LogP contribution is 2.31. The molecule has 1 aliphatic heterocycles. The number of aryl methyl sites for hydroxylation is 1. The molecule has 1 fully saturated rings. The summed E-state index contributed by atoms with van der Waals surface area (Å²) in [5, 5.41) is 2.52. The highest BCUT2D eigenvalue weighted by atomic mass is 32.2. The average molecular weight is 486 g/mol. The van der Waals surface area contributed by atoms with Gasteiger partial charge in [0.2, 0.25) is 10.0 Å². The third-order valence-electron chi connectivity index (χ3n) is 6.01. The first kappa shape index (κ1) is 27.1. The number of anilines is 1. The van der Waals surface area contributed by atoms with Gasteiger partial charge in [-0.1, -0.05) is 30.9 Å². The summed E-state index contributed by atoms with van der Waals surface area (Å²) in [5.41, 5.74) is 0.707. The number of alkyl halides is 3. The summed E-state index contributed by atoms with van der Waals surface area (Å²) in [4.78, 5) is 2.25. The van der Waals surface area contributed by atoms with Crippen LogP contribution in [0.4, 0.5) is 18.9 Å². The molecule has 184 valence electrons. The second-order valence-corrected chi connectivity index (χ2v) is 10.4. The Hall–Kier alpha value is -2.10. The number of nitrogens with zero attached hydrogens (tertiary/aromatic N) is 1. The zero-order valence-corrected chi connectivity index (χ0v) is 20.4. The number of rotatable bonds is 9. The van der Waals surface area contributed by atoms with Gasteiger partial charge < -0.3 is 10.2 Å². The molecule has 9 heteroatoms. The molecule has 1 unspecified atom stereocenters. The molecule has 0 saturated carbocycles. The standard InChI is InChI=1S/C24H34F3N3O2S/c1-6-7-8-9-17(2)23(24(25,26)27)28-22-11-10-21(16-18(22)3)33(31,32)29-19(4)20-12-14-30(5)15-13-20/h6-11,16,19-20,23,28-29H,1,12-15H2,2-5H3/b8-7-,17-9+/t19-,23?/m1/s1. The Morgan fingerprint density at radius 3 is 2.42 bits per heavy atom. The Kier molecular flexibility index (Phi) is 9.34. The first-order chi connectivity index (χ1) is 15.3. The smallest absolute Gasteiger partial charge is 0.370 e. The summed E-state index contributed by atoms with van der Waals surface area (Å²) in [7, 11) is -1.75. The molecular weight excluding hydrogens is 451 g/mol. The van der Waals surface area contributed by atoms with Crippen LogP contribution in [-0.4, -0.2) is 51.7 Å². The van der Waals surface area contributed by atoms with Crippen molar-refractivity contribution < 1.29 is 21.6 Å². The lowest BCUT2D eigenvalue weighted by Gasteiger charge is -2.32. The first-order valence-corrected chi connectivity index (χ1v) is 12.4. The summed E-state index contributed by atoms with van der Waals surface area (Å²) >= 11 is 0. The van der Waals surface area contributed by atoms with Gasteiger partial charge in [-0.3, -0.25) is 0 Å². The van der Waals surface area contributed by atoms with Crippen molar-refractivity contribution in [3.05, 3.63) is 60.2 Å². The van der Waals surface area contributed by atoms with Crippen LogP contribution in [0.1, 0.15) is 32.3 Å². The van der Waals surface area contributed by atoms with Crippen LogP contribution in [0.5, 0.6) is 0 Å². The van der Waals surface area contributed by atoms with Gasteiger partial charge in [0, 0.05) is 11.7 Å². The highest BCUT2D eigenvalue weighted by Gasteiger charge is 2.41. The van der Waals surface area contributed by atoms with Crippen LogP contribution in [0.2, 0.25) is 0 Å². The van der Waals surface area contributed by atoms with E-state index in [-0.39, 0.29) is 28.1 Å². The lowest BCUT2D eigenvalue weighted by Crippen LogP contribution is -2.43. The van der Waals surface area contributed by atoms with Crippen molar-refractivity contribution in [2.45, 2.75) is 56.8 Å². The van der Waals surface area contributed by atoms with Crippen molar-refractivity contribution in [2.24, 2.45) is 5.92 Å². The Balaban J connectivity index is 2.19. The Bertz CT molecular complexity index is 979. The summed E-state index contributed by atoms with van der Waals surface area (Å²) in [6, 6.07) is 1.98. The number of allylic oxidation sites excluding steroid dienone is 4. The molecule has 1 aromatic carbocycles. The minimum Gasteiger partial charge on any atom is -0.370 e. The van der Waals surface area contributed by atoms with E-state index in [9.17, 15) is 21.6 Å². The van der Waals surface area contributed by atoms with Crippen LogP contribution in [0, 0.1) is 12.8 Å². The van der Waals surface area contributed by atoms with Crippen molar-refractivity contribution in [1.82, 2.24) is 9.62 Å². The van der Waals surface area contributed by atoms with Crippen LogP contribution in [0.3, 0.4) is 0 Å². The summed E-state index contributed by atoms with van der Waals surface area (Å²) in [6.45, 7) is 10.2. The predicted octanol–water partition coefficient (Wildman–Crippen LogP) is 5.03. The van der Waals surface area contributed by atoms with Gasteiger partial charge in [-0.25, -0.2) is 13.1 Å². The van der Waals surface area contributed by atoms with Crippen molar-refractivity contribution >= 4 is 15.7 Å². The number of hydrogen-bond donors (Lipinski definition) is 2. The number of nitrogens with one attached hydrogen (secondary N) is 2. The third kappa shape index (κ3) is 7.72. The SMILES string of the molecule is C=C/C=C\C=C(/C)C(Nc1ccc(S(=O)(=O)N[C@H](C)C2CCN(C)CC2)cc1C)C(F)(F)F. The first-order valence-electron chi connectivity index (χ1n) is 11.0. The van der Waals surface area contributed by atoms with E-state index in [4.69, 9.17) is 0 Å². The van der Waals surface area contributed by atoms with E-state index in [0.717, 1.165) is 25.9 Å². The van der Waals surface area contributed by atoms with Gasteiger partial charge in [-0.05, 0) is 89.0 Å². The minimum atomic E-state index is -4.52. The normalized spacial score (nSPS) is 18.9. The number of halogens is 3. The quantitative estimate of drug-likeness (QED) is 0.482. The molecule has 5 nitrogen and oxygen atoms in total. The Morgan fingerprint density at radius 2 is 1.88 bits per heavy atom. The van der Waals surface area contributed by atoms with Crippen molar-refractivity contribution in [3.8, 4) is 0 Å². The zero-order valence-electron chi connectivity index (χ0n) is 19.6. The fraction of sp³-hybridized carbons (Fsp3) is 0.500. The molecule has 1 aromatic rings. The van der Waals surface area contributed by atoms with E-state index in [1.807, 2.05) is 14.0 Å². The van der Waals surface area contributed by atoms with Gasteiger partial charge in [0.1, 0.15) is 6.04 Å². The van der Waals surface area contributed by atoms with E-state index in [1.54, 1.807) is 13.0 Å². The highest BCUT2D eigenvalue weighted by molar-refractivity contribution is 7.89. The van der Waals surface area contributed by atoms with Crippen molar-refractivity contribution in [2.75, 3.05) is 25.5 Å². The van der Waals surface area contributed by atoms with E-state index in [0.29, 0.717) is 5.56 Å². The molecule has 0 spiro atoms. The van der Waals surface area contributed by atoms with Crippen LogP contribution in [0.25, 0.3) is 0 Å². The van der Waals surface area contributed by atoms with E-state index >= 15 is 0 Å². The number of likely N-dealkylation sites (tertiary alicyclic amines) is 1. The van der Waals surface area contributed by atoms with E-state index in [2.05, 4.69) is 21.5 Å². The molecule has 2 atom stereocenters. The second-order valence-electron chi connectivity index (χ2n) is 8.68. The minimum absolute atomic E-state index is 0.0371. The number of piperidine rings is 1. The summed E-state index contributed by atoms with van der Waals surface area (Å²) < 4.78 is 69.5. The molecule has 2 rings (SSSR count). The molecule has 0 bridgehead atoms. The lowest BCUT2D eigenvalue weighted by molar-refractivity contribution is -0.134. The topological polar surface area (TPSA) is 61.4 Å². The maximum Gasteiger partial charge on any atom is 0.412 e. The largest absolute Gasteiger partial charge is 0.412 e. The lowest BCUT2D eigenvalue weighted by atomic mass is 9.91. The molecule has 0 aromatic heterocycles. The Labute approximate surface area is 195 Å². The third-order valence-corrected chi connectivity index (χ3v) is 7.56. The summed E-state index contributed by atoms with van der Waals surface area (Å²) in [6.07, 6.45) is 3.18. The Morgan fingerprint density at radius 1 is 1.24 bits per heavy atom. The molecule has 1 saturated heterocycles. The van der Waals surface area contributed by atoms with Gasteiger partial charge in [0.15, 0.2) is 0 Å². The number of sulfonamides is 1. The van der Waals surface area contributed by atoms with Crippen LogP contribution in [0.15, 0.2) is 59.6 Å². The predicted molar refractivity (Wildman–Crippen MR) is 128 cm³/mol. The maximum absolute atomic E-state index is 13.7. The fourth-order valence-electron chi connectivity index (χ4n) is 3.89. The molecule has 33 heavy (non-hydrogen) atoms. The number of hydrogen-bond acceptors (Lipinski definition) is 4. The van der Waals surface area contributed by atoms with Crippen LogP contribution >= 0.6 is 0 Å². The van der Waals surface area contributed by atoms with Gasteiger partial charge >= 0.3 is 6.18 Å². The van der Waals surface area contributed by atoms with Crippen LogP contribution < -0.4 is 10.0 Å². The molecule has 0 aliphatic carbocycles. The van der Waals surface area contributed by atoms with E-state index in [1.165, 1.54) is 43.4 Å². The molecule has 1 heterocycles. The van der Waals surface area contributed by atoms with Gasteiger partial charge in [0.25, 0.3) is 0 Å². The van der Waals surface area contributed by atoms with Crippen molar-refractivity contribution in [3.63, 3.8) is 0 Å². The average Bonchev–Trinajstić information content (AvgIpc) is 2.72.